The summed E-state index contributed by atoms with van der Waals surface area (Å²) in [4.78, 5) is 13.3. The number of hydrogen-bond donors (Lipinski definition) is 2. The van der Waals surface area contributed by atoms with Crippen molar-refractivity contribution in [2.75, 3.05) is 7.11 Å². The van der Waals surface area contributed by atoms with E-state index in [4.69, 9.17) is 15.5 Å². The van der Waals surface area contributed by atoms with Gasteiger partial charge in [-0.1, -0.05) is 35.6 Å². The molecule has 41 heavy (non-hydrogen) atoms. The van der Waals surface area contributed by atoms with E-state index in [0.29, 0.717) is 16.1 Å². The number of alkyl halides is 3. The molecule has 0 saturated carbocycles. The van der Waals surface area contributed by atoms with Crippen molar-refractivity contribution in [1.82, 2.24) is 4.68 Å². The van der Waals surface area contributed by atoms with Crippen LogP contribution < -0.4 is 20.0 Å². The highest BCUT2D eigenvalue weighted by atomic mass is 32.1. The molecule has 0 bridgehead atoms. The smallest absolute Gasteiger partial charge is 0.497 e. The Morgan fingerprint density at radius 3 is 2.27 bits per heavy atom. The van der Waals surface area contributed by atoms with Gasteiger partial charge in [0.1, 0.15) is 23.7 Å². The molecule has 3 aromatic carbocycles. The molecule has 0 fully saturated rings. The number of methoxy groups -OCH3 is 1. The highest BCUT2D eigenvalue weighted by molar-refractivity contribution is 7.07. The van der Waals surface area contributed by atoms with Gasteiger partial charge in [0, 0.05) is 5.56 Å². The minimum atomic E-state index is -4.76. The van der Waals surface area contributed by atoms with Crippen molar-refractivity contribution < 1.29 is 27.8 Å². The number of aromatic hydroxyl groups is 1. The molecule has 0 radical (unpaired) electrons. The van der Waals surface area contributed by atoms with E-state index in [2.05, 4.69) is 19.8 Å². The molecule has 0 atom stereocenters. The van der Waals surface area contributed by atoms with E-state index in [0.717, 1.165) is 40.3 Å². The molecule has 0 spiro atoms. The third-order valence-corrected chi connectivity index (χ3v) is 6.38. The van der Waals surface area contributed by atoms with Crippen LogP contribution in [0.5, 0.6) is 17.4 Å². The molecule has 212 valence electrons. The fourth-order valence-corrected chi connectivity index (χ4v) is 4.32. The first kappa shape index (κ1) is 29.1. The van der Waals surface area contributed by atoms with Crippen molar-refractivity contribution in [3.63, 3.8) is 0 Å². The number of ether oxygens (including phenoxy) is 2. The van der Waals surface area contributed by atoms with Crippen LogP contribution in [0.25, 0.3) is 0 Å². The van der Waals surface area contributed by atoms with Crippen molar-refractivity contribution in [3.05, 3.63) is 93.1 Å². The monoisotopic (exact) mass is 582 g/mol. The number of benzene rings is 3. The quantitative estimate of drug-likeness (QED) is 0.197. The van der Waals surface area contributed by atoms with Gasteiger partial charge in [-0.2, -0.15) is 9.78 Å². The lowest BCUT2D eigenvalue weighted by Crippen LogP contribution is -2.16. The fourth-order valence-electron chi connectivity index (χ4n) is 3.62. The summed E-state index contributed by atoms with van der Waals surface area (Å²) in [6.45, 7) is 3.87. The van der Waals surface area contributed by atoms with E-state index in [1.165, 1.54) is 34.5 Å². The van der Waals surface area contributed by atoms with E-state index in [1.807, 2.05) is 26.0 Å². The summed E-state index contributed by atoms with van der Waals surface area (Å²) >= 11 is 1.25. The van der Waals surface area contributed by atoms with Crippen molar-refractivity contribution in [1.29, 1.82) is 0 Å². The molecule has 0 amide bonds. The van der Waals surface area contributed by atoms with Gasteiger partial charge in [0.05, 0.1) is 30.1 Å². The Hall–Kier alpha value is -4.91. The first-order chi connectivity index (χ1) is 19.5. The summed E-state index contributed by atoms with van der Waals surface area (Å²) in [6.07, 6.45) is -1.98. The molecule has 1 heterocycles. The highest BCUT2D eigenvalue weighted by Gasteiger charge is 2.30. The summed E-state index contributed by atoms with van der Waals surface area (Å²) in [5, 5.41) is 16.3. The second kappa shape index (κ2) is 12.5. The summed E-state index contributed by atoms with van der Waals surface area (Å²) in [6, 6.07) is 15.8. The standard InChI is InChI=1S/C28H25F3N6O3S/c1-17-12-23(39-3)13-18(2)25(17)36-27-37(24(38)15-41-27)35-14-19-4-6-20(7-5-19)26(32)34-16-33-21-8-10-22(11-9-21)40-28(29,30)31/h4-16,38H,1-3H3,(H2,32,33,34)/b35-14-,36-27?. The van der Waals surface area contributed by atoms with Gasteiger partial charge in [-0.25, -0.2) is 15.0 Å². The van der Waals surface area contributed by atoms with E-state index in [-0.39, 0.29) is 17.5 Å². The molecule has 3 N–H and O–H groups in total. The average Bonchev–Trinajstić information content (AvgIpc) is 3.28. The third kappa shape index (κ3) is 7.82. The normalized spacial score (nSPS) is 12.9. The Morgan fingerprint density at radius 2 is 1.66 bits per heavy atom. The predicted octanol–water partition coefficient (Wildman–Crippen LogP) is 5.96. The van der Waals surface area contributed by atoms with Crippen LogP contribution in [0.4, 0.5) is 24.5 Å². The molecule has 1 aromatic heterocycles. The second-order valence-corrected chi connectivity index (χ2v) is 9.41. The van der Waals surface area contributed by atoms with Crippen molar-refractivity contribution in [2.45, 2.75) is 20.2 Å². The molecule has 0 saturated heterocycles. The lowest BCUT2D eigenvalue weighted by molar-refractivity contribution is -0.274. The number of aliphatic imine (C=N–C) groups is 2. The zero-order valence-electron chi connectivity index (χ0n) is 22.1. The molecule has 9 nitrogen and oxygen atoms in total. The maximum Gasteiger partial charge on any atom is 0.573 e. The number of rotatable bonds is 8. The number of halogens is 3. The number of nitrogens with two attached hydrogens (primary N) is 1. The number of aryl methyl sites for hydroxylation is 2. The minimum absolute atomic E-state index is 0.0522. The number of thiazole rings is 1. The van der Waals surface area contributed by atoms with Crippen LogP contribution in [0.2, 0.25) is 0 Å². The molecule has 0 unspecified atom stereocenters. The number of nitrogens with zero attached hydrogens (tertiary/aromatic N) is 5. The van der Waals surface area contributed by atoms with Crippen LogP contribution in [-0.4, -0.2) is 41.6 Å². The molecule has 0 aliphatic carbocycles. The van der Waals surface area contributed by atoms with E-state index in [1.54, 1.807) is 43.0 Å². The second-order valence-electron chi connectivity index (χ2n) is 8.58. The van der Waals surface area contributed by atoms with Gasteiger partial charge in [0.2, 0.25) is 10.7 Å². The van der Waals surface area contributed by atoms with Crippen LogP contribution in [0, 0.1) is 13.8 Å². The summed E-state index contributed by atoms with van der Waals surface area (Å²) in [7, 11) is 1.61. The molecule has 4 aromatic rings. The lowest BCUT2D eigenvalue weighted by atomic mass is 10.1. The highest BCUT2D eigenvalue weighted by Crippen LogP contribution is 2.28. The van der Waals surface area contributed by atoms with Gasteiger partial charge >= 0.3 is 6.36 Å². The summed E-state index contributed by atoms with van der Waals surface area (Å²) < 4.78 is 47.3. The Morgan fingerprint density at radius 1 is 1.00 bits per heavy atom. The average molecular weight is 583 g/mol. The molecule has 0 aliphatic rings. The van der Waals surface area contributed by atoms with Crippen LogP contribution in [0.3, 0.4) is 0 Å². The molecule has 4 rings (SSSR count). The molecular weight excluding hydrogens is 557 g/mol. The van der Waals surface area contributed by atoms with E-state index >= 15 is 0 Å². The van der Waals surface area contributed by atoms with Gasteiger partial charge in [0.15, 0.2) is 0 Å². The summed E-state index contributed by atoms with van der Waals surface area (Å²) in [5.74, 6) is 0.534. The van der Waals surface area contributed by atoms with E-state index in [9.17, 15) is 18.3 Å². The van der Waals surface area contributed by atoms with Crippen molar-refractivity contribution in [2.24, 2.45) is 25.8 Å². The van der Waals surface area contributed by atoms with Gasteiger partial charge in [0.25, 0.3) is 0 Å². The molecular formula is C28H25F3N6O3S. The van der Waals surface area contributed by atoms with Gasteiger partial charge in [-0.15, -0.1) is 13.2 Å². The van der Waals surface area contributed by atoms with E-state index < -0.39 is 6.36 Å². The lowest BCUT2D eigenvalue weighted by Gasteiger charge is -2.08. The Kier molecular flexibility index (Phi) is 8.87. The maximum absolute atomic E-state index is 12.3. The largest absolute Gasteiger partial charge is 0.573 e. The first-order valence-corrected chi connectivity index (χ1v) is 12.9. The minimum Gasteiger partial charge on any atom is -0.497 e. The fraction of sp³-hybridized carbons (Fsp3) is 0.143. The Labute approximate surface area is 237 Å². The van der Waals surface area contributed by atoms with Crippen molar-refractivity contribution in [3.8, 4) is 17.4 Å². The van der Waals surface area contributed by atoms with Crippen molar-refractivity contribution >= 4 is 41.1 Å². The topological polar surface area (TPSA) is 119 Å². The predicted molar refractivity (Wildman–Crippen MR) is 153 cm³/mol. The summed E-state index contributed by atoms with van der Waals surface area (Å²) in [5.41, 5.74) is 10.4. The van der Waals surface area contributed by atoms with Gasteiger partial charge in [-0.05, 0) is 66.9 Å². The van der Waals surface area contributed by atoms with Crippen LogP contribution in [-0.2, 0) is 0 Å². The zero-order valence-corrected chi connectivity index (χ0v) is 22.9. The molecule has 0 aliphatic heterocycles. The van der Waals surface area contributed by atoms with Gasteiger partial charge < -0.3 is 20.3 Å². The maximum atomic E-state index is 12.3. The molecule has 13 heteroatoms. The van der Waals surface area contributed by atoms with Gasteiger partial charge in [-0.3, -0.25) is 0 Å². The SMILES string of the molecule is COc1cc(C)c(N=c2scc(O)n2/N=C\c2ccc(C(N)=NC=Nc3ccc(OC(F)(F)F)cc3)cc2)c(C)c1. The number of amidine groups is 1. The third-order valence-electron chi connectivity index (χ3n) is 5.58. The zero-order chi connectivity index (χ0) is 29.6. The number of aromatic nitrogens is 1. The Bertz CT molecular complexity index is 1650. The first-order valence-electron chi connectivity index (χ1n) is 12.0. The van der Waals surface area contributed by atoms with Crippen LogP contribution in [0.1, 0.15) is 22.3 Å². The van der Waals surface area contributed by atoms with Crippen LogP contribution in [0.15, 0.2) is 86.1 Å². The van der Waals surface area contributed by atoms with Crippen LogP contribution >= 0.6 is 11.3 Å². The Balaban J connectivity index is 1.46. The number of hydrogen-bond acceptors (Lipinski definition) is 7.